The molecule has 0 fully saturated rings. The van der Waals surface area contributed by atoms with Crippen LogP contribution in [0.15, 0.2) is 65.1 Å². The summed E-state index contributed by atoms with van der Waals surface area (Å²) in [4.78, 5) is 12.3. The van der Waals surface area contributed by atoms with Crippen molar-refractivity contribution < 1.29 is 4.79 Å². The van der Waals surface area contributed by atoms with Crippen molar-refractivity contribution in [3.05, 3.63) is 70.7 Å². The van der Waals surface area contributed by atoms with E-state index in [2.05, 4.69) is 21.2 Å². The molecule has 0 aliphatic heterocycles. The first kappa shape index (κ1) is 13.6. The largest absolute Gasteiger partial charge is 0.398 e. The third kappa shape index (κ3) is 2.90. The number of nitrogens with two attached hydrogens (primary N) is 1. The van der Waals surface area contributed by atoms with Gasteiger partial charge in [0.25, 0.3) is 5.91 Å². The molecule has 0 radical (unpaired) electrons. The van der Waals surface area contributed by atoms with E-state index in [0.29, 0.717) is 11.3 Å². The number of fused-ring (bicyclic) bond motifs is 1. The average Bonchev–Trinajstić information content (AvgIpc) is 2.47. The van der Waals surface area contributed by atoms with Crippen LogP contribution in [0.2, 0.25) is 0 Å². The van der Waals surface area contributed by atoms with Crippen LogP contribution in [0.4, 0.5) is 11.4 Å². The number of carbonyl (C=O) groups is 1. The lowest BCUT2D eigenvalue weighted by molar-refractivity contribution is 0.102. The van der Waals surface area contributed by atoms with Crippen molar-refractivity contribution in [3.8, 4) is 0 Å². The Morgan fingerprint density at radius 1 is 0.952 bits per heavy atom. The number of amides is 1. The Kier molecular flexibility index (Phi) is 3.62. The molecule has 3 aromatic rings. The van der Waals surface area contributed by atoms with Crippen LogP contribution in [0.5, 0.6) is 0 Å². The molecule has 0 unspecified atom stereocenters. The van der Waals surface area contributed by atoms with Crippen molar-refractivity contribution in [2.45, 2.75) is 0 Å². The van der Waals surface area contributed by atoms with Gasteiger partial charge >= 0.3 is 0 Å². The minimum Gasteiger partial charge on any atom is -0.398 e. The normalized spacial score (nSPS) is 10.5. The molecule has 0 aliphatic carbocycles. The highest BCUT2D eigenvalue weighted by Crippen LogP contribution is 2.22. The lowest BCUT2D eigenvalue weighted by Crippen LogP contribution is -2.13. The minimum absolute atomic E-state index is 0.213. The number of nitrogens with one attached hydrogen (secondary N) is 1. The van der Waals surface area contributed by atoms with Gasteiger partial charge in [-0.15, -0.1) is 0 Å². The molecule has 104 valence electrons. The Morgan fingerprint density at radius 3 is 2.48 bits per heavy atom. The van der Waals surface area contributed by atoms with E-state index in [1.807, 2.05) is 42.5 Å². The lowest BCUT2D eigenvalue weighted by atomic mass is 10.1. The van der Waals surface area contributed by atoms with Gasteiger partial charge in [0.15, 0.2) is 0 Å². The van der Waals surface area contributed by atoms with Gasteiger partial charge in [-0.3, -0.25) is 4.79 Å². The van der Waals surface area contributed by atoms with Crippen molar-refractivity contribution in [2.24, 2.45) is 0 Å². The Balaban J connectivity index is 1.89. The van der Waals surface area contributed by atoms with Gasteiger partial charge < -0.3 is 11.1 Å². The highest BCUT2D eigenvalue weighted by molar-refractivity contribution is 9.10. The van der Waals surface area contributed by atoms with Crippen molar-refractivity contribution in [2.75, 3.05) is 11.1 Å². The maximum Gasteiger partial charge on any atom is 0.257 e. The van der Waals surface area contributed by atoms with E-state index in [1.54, 1.807) is 18.2 Å². The Hall–Kier alpha value is -2.33. The monoisotopic (exact) mass is 340 g/mol. The quantitative estimate of drug-likeness (QED) is 0.677. The van der Waals surface area contributed by atoms with Gasteiger partial charge in [-0.1, -0.05) is 46.3 Å². The number of hydrogen-bond donors (Lipinski definition) is 2. The number of halogens is 1. The summed E-state index contributed by atoms with van der Waals surface area (Å²) in [7, 11) is 0. The molecular weight excluding hydrogens is 328 g/mol. The molecule has 21 heavy (non-hydrogen) atoms. The third-order valence-corrected chi connectivity index (χ3v) is 3.76. The maximum atomic E-state index is 12.3. The summed E-state index contributed by atoms with van der Waals surface area (Å²) >= 11 is 3.33. The highest BCUT2D eigenvalue weighted by atomic mass is 79.9. The van der Waals surface area contributed by atoms with Crippen LogP contribution < -0.4 is 11.1 Å². The van der Waals surface area contributed by atoms with Crippen LogP contribution in [0, 0.1) is 0 Å². The number of hydrogen-bond acceptors (Lipinski definition) is 2. The minimum atomic E-state index is -0.213. The van der Waals surface area contributed by atoms with Gasteiger partial charge in [-0.2, -0.15) is 0 Å². The molecule has 0 atom stereocenters. The van der Waals surface area contributed by atoms with Gasteiger partial charge in [0.05, 0.1) is 5.56 Å². The van der Waals surface area contributed by atoms with Gasteiger partial charge in [0, 0.05) is 15.8 Å². The Labute approximate surface area is 130 Å². The molecule has 0 heterocycles. The van der Waals surface area contributed by atoms with E-state index in [9.17, 15) is 4.79 Å². The number of rotatable bonds is 2. The zero-order chi connectivity index (χ0) is 14.8. The van der Waals surface area contributed by atoms with Crippen molar-refractivity contribution in [1.29, 1.82) is 0 Å². The molecule has 0 aliphatic rings. The second-order valence-corrected chi connectivity index (χ2v) is 5.66. The maximum absolute atomic E-state index is 12.3. The first-order valence-electron chi connectivity index (χ1n) is 6.49. The van der Waals surface area contributed by atoms with Crippen LogP contribution in [0.3, 0.4) is 0 Å². The third-order valence-electron chi connectivity index (χ3n) is 3.27. The Morgan fingerprint density at radius 2 is 1.71 bits per heavy atom. The van der Waals surface area contributed by atoms with Crippen molar-refractivity contribution >= 4 is 44.0 Å². The number of carbonyl (C=O) groups excluding carboxylic acids is 1. The molecule has 0 saturated heterocycles. The summed E-state index contributed by atoms with van der Waals surface area (Å²) in [6, 6.07) is 19.0. The number of anilines is 2. The summed E-state index contributed by atoms with van der Waals surface area (Å²) in [5, 5.41) is 5.10. The van der Waals surface area contributed by atoms with Crippen LogP contribution in [-0.2, 0) is 0 Å². The summed E-state index contributed by atoms with van der Waals surface area (Å²) < 4.78 is 0.849. The first-order valence-corrected chi connectivity index (χ1v) is 7.28. The van der Waals surface area contributed by atoms with E-state index >= 15 is 0 Å². The zero-order valence-corrected chi connectivity index (χ0v) is 12.7. The first-order chi connectivity index (χ1) is 10.1. The van der Waals surface area contributed by atoms with E-state index in [1.165, 1.54) is 0 Å². The van der Waals surface area contributed by atoms with Crippen LogP contribution in [0.1, 0.15) is 10.4 Å². The fourth-order valence-electron chi connectivity index (χ4n) is 2.21. The molecule has 0 spiro atoms. The molecule has 0 saturated carbocycles. The SMILES string of the molecule is Nc1cc(Br)ccc1C(=O)Nc1ccc2ccccc2c1. The van der Waals surface area contributed by atoms with Crippen LogP contribution >= 0.6 is 15.9 Å². The predicted molar refractivity (Wildman–Crippen MR) is 90.5 cm³/mol. The highest BCUT2D eigenvalue weighted by Gasteiger charge is 2.10. The lowest BCUT2D eigenvalue weighted by Gasteiger charge is -2.09. The smallest absolute Gasteiger partial charge is 0.257 e. The van der Waals surface area contributed by atoms with E-state index < -0.39 is 0 Å². The van der Waals surface area contributed by atoms with E-state index in [4.69, 9.17) is 5.73 Å². The molecule has 3 N–H and O–H groups in total. The van der Waals surface area contributed by atoms with E-state index in [-0.39, 0.29) is 5.91 Å². The molecule has 4 heteroatoms. The second kappa shape index (κ2) is 5.58. The molecular formula is C17H13BrN2O. The van der Waals surface area contributed by atoms with Crippen molar-refractivity contribution in [1.82, 2.24) is 0 Å². The van der Waals surface area contributed by atoms with Gasteiger partial charge in [-0.25, -0.2) is 0 Å². The molecule has 3 rings (SSSR count). The van der Waals surface area contributed by atoms with Gasteiger partial charge in [-0.05, 0) is 41.1 Å². The van der Waals surface area contributed by atoms with E-state index in [0.717, 1.165) is 20.9 Å². The number of benzene rings is 3. The van der Waals surface area contributed by atoms with Crippen LogP contribution in [-0.4, -0.2) is 5.91 Å². The van der Waals surface area contributed by atoms with Gasteiger partial charge in [0.1, 0.15) is 0 Å². The fraction of sp³-hybridized carbons (Fsp3) is 0. The number of nitrogen functional groups attached to an aromatic ring is 1. The molecule has 1 amide bonds. The molecule has 3 nitrogen and oxygen atoms in total. The Bertz CT molecular complexity index is 830. The van der Waals surface area contributed by atoms with Crippen molar-refractivity contribution in [3.63, 3.8) is 0 Å². The summed E-state index contributed by atoms with van der Waals surface area (Å²) in [6.07, 6.45) is 0. The molecule has 0 bridgehead atoms. The average molecular weight is 341 g/mol. The molecule has 0 aromatic heterocycles. The summed E-state index contributed by atoms with van der Waals surface area (Å²) in [5.41, 5.74) is 7.54. The second-order valence-electron chi connectivity index (χ2n) is 4.75. The van der Waals surface area contributed by atoms with Gasteiger partial charge in [0.2, 0.25) is 0 Å². The molecule has 3 aromatic carbocycles. The summed E-state index contributed by atoms with van der Waals surface area (Å²) in [5.74, 6) is -0.213. The standard InChI is InChI=1S/C17H13BrN2O/c18-13-6-8-15(16(19)10-13)17(21)20-14-7-5-11-3-1-2-4-12(11)9-14/h1-10H,19H2,(H,20,21). The zero-order valence-electron chi connectivity index (χ0n) is 11.1. The van der Waals surface area contributed by atoms with Crippen LogP contribution in [0.25, 0.3) is 10.8 Å². The predicted octanol–water partition coefficient (Wildman–Crippen LogP) is 4.44. The fourth-order valence-corrected chi connectivity index (χ4v) is 2.58. The summed E-state index contributed by atoms with van der Waals surface area (Å²) in [6.45, 7) is 0. The topological polar surface area (TPSA) is 55.1 Å².